The summed E-state index contributed by atoms with van der Waals surface area (Å²) in [4.78, 5) is 0. The summed E-state index contributed by atoms with van der Waals surface area (Å²) in [7, 11) is 1.87. The molecule has 0 bridgehead atoms. The SMILES string of the molecule is C=C(C)CC(NCC)C1(OC)CCCCC1. The second kappa shape index (κ2) is 6.41. The van der Waals surface area contributed by atoms with E-state index in [0.29, 0.717) is 6.04 Å². The third kappa shape index (κ3) is 3.33. The lowest BCUT2D eigenvalue weighted by Crippen LogP contribution is -2.53. The van der Waals surface area contributed by atoms with E-state index in [1.807, 2.05) is 7.11 Å². The number of ether oxygens (including phenoxy) is 1. The number of hydrogen-bond acceptors (Lipinski definition) is 2. The van der Waals surface area contributed by atoms with Gasteiger partial charge in [0.05, 0.1) is 5.60 Å². The van der Waals surface area contributed by atoms with E-state index < -0.39 is 0 Å². The van der Waals surface area contributed by atoms with Crippen molar-refractivity contribution in [2.24, 2.45) is 0 Å². The molecule has 1 aliphatic carbocycles. The van der Waals surface area contributed by atoms with E-state index in [9.17, 15) is 0 Å². The lowest BCUT2D eigenvalue weighted by Gasteiger charge is -2.43. The van der Waals surface area contributed by atoms with E-state index in [-0.39, 0.29) is 5.60 Å². The molecule has 94 valence electrons. The molecule has 0 spiro atoms. The Kier molecular flexibility index (Phi) is 5.50. The van der Waals surface area contributed by atoms with Crippen molar-refractivity contribution in [2.45, 2.75) is 64.0 Å². The predicted octanol–water partition coefficient (Wildman–Crippen LogP) is 3.28. The Morgan fingerprint density at radius 3 is 2.44 bits per heavy atom. The van der Waals surface area contributed by atoms with Crippen molar-refractivity contribution in [1.29, 1.82) is 0 Å². The molecule has 0 radical (unpaired) electrons. The molecule has 1 saturated carbocycles. The minimum atomic E-state index is 0.0488. The molecule has 0 aromatic carbocycles. The topological polar surface area (TPSA) is 21.3 Å². The fourth-order valence-corrected chi connectivity index (χ4v) is 2.88. The van der Waals surface area contributed by atoms with E-state index in [1.54, 1.807) is 0 Å². The van der Waals surface area contributed by atoms with Gasteiger partial charge in [0.15, 0.2) is 0 Å². The highest BCUT2D eigenvalue weighted by Gasteiger charge is 2.39. The number of hydrogen-bond donors (Lipinski definition) is 1. The maximum Gasteiger partial charge on any atom is 0.0834 e. The molecule has 1 unspecified atom stereocenters. The predicted molar refractivity (Wildman–Crippen MR) is 69.7 cm³/mol. The van der Waals surface area contributed by atoms with Crippen molar-refractivity contribution in [3.63, 3.8) is 0 Å². The van der Waals surface area contributed by atoms with Crippen LogP contribution in [0.2, 0.25) is 0 Å². The van der Waals surface area contributed by atoms with Crippen LogP contribution in [0.5, 0.6) is 0 Å². The van der Waals surface area contributed by atoms with Crippen LogP contribution in [0.25, 0.3) is 0 Å². The van der Waals surface area contributed by atoms with Crippen molar-refractivity contribution >= 4 is 0 Å². The summed E-state index contributed by atoms with van der Waals surface area (Å²) in [6.07, 6.45) is 7.36. The average Bonchev–Trinajstić information content (AvgIpc) is 2.29. The van der Waals surface area contributed by atoms with Crippen LogP contribution in [-0.4, -0.2) is 25.3 Å². The van der Waals surface area contributed by atoms with Crippen LogP contribution in [0.15, 0.2) is 12.2 Å². The molecular formula is C14H27NO. The normalized spacial score (nSPS) is 21.7. The summed E-state index contributed by atoms with van der Waals surface area (Å²) < 4.78 is 5.89. The molecule has 0 aromatic rings. The van der Waals surface area contributed by atoms with Gasteiger partial charge in [0.25, 0.3) is 0 Å². The molecule has 1 aliphatic rings. The van der Waals surface area contributed by atoms with Gasteiger partial charge in [-0.05, 0) is 32.7 Å². The first-order chi connectivity index (χ1) is 7.64. The monoisotopic (exact) mass is 225 g/mol. The first kappa shape index (κ1) is 13.7. The maximum absolute atomic E-state index is 5.89. The van der Waals surface area contributed by atoms with Gasteiger partial charge in [-0.15, -0.1) is 6.58 Å². The van der Waals surface area contributed by atoms with Crippen molar-refractivity contribution in [2.75, 3.05) is 13.7 Å². The molecule has 1 N–H and O–H groups in total. The number of nitrogens with one attached hydrogen (secondary N) is 1. The van der Waals surface area contributed by atoms with Crippen molar-refractivity contribution in [1.82, 2.24) is 5.32 Å². The van der Waals surface area contributed by atoms with Crippen LogP contribution in [0.1, 0.15) is 52.4 Å². The van der Waals surface area contributed by atoms with Crippen LogP contribution in [0.3, 0.4) is 0 Å². The zero-order valence-electron chi connectivity index (χ0n) is 11.1. The van der Waals surface area contributed by atoms with Gasteiger partial charge in [0.2, 0.25) is 0 Å². The van der Waals surface area contributed by atoms with Gasteiger partial charge in [-0.3, -0.25) is 0 Å². The average molecular weight is 225 g/mol. The van der Waals surface area contributed by atoms with Crippen molar-refractivity contribution in [3.8, 4) is 0 Å². The summed E-state index contributed by atoms with van der Waals surface area (Å²) in [6, 6.07) is 0.431. The Morgan fingerprint density at radius 2 is 2.00 bits per heavy atom. The van der Waals surface area contributed by atoms with E-state index in [2.05, 4.69) is 25.7 Å². The second-order valence-corrected chi connectivity index (χ2v) is 5.10. The zero-order valence-corrected chi connectivity index (χ0v) is 11.1. The Hall–Kier alpha value is -0.340. The lowest BCUT2D eigenvalue weighted by molar-refractivity contribution is -0.0669. The standard InChI is InChI=1S/C14H27NO/c1-5-15-13(11-12(2)3)14(16-4)9-7-6-8-10-14/h13,15H,2,5-11H2,1,3-4H3. The molecule has 0 aromatic heterocycles. The van der Waals surface area contributed by atoms with Gasteiger partial charge in [0, 0.05) is 13.2 Å². The van der Waals surface area contributed by atoms with Gasteiger partial charge in [-0.1, -0.05) is 31.8 Å². The minimum absolute atomic E-state index is 0.0488. The molecule has 2 nitrogen and oxygen atoms in total. The summed E-state index contributed by atoms with van der Waals surface area (Å²) in [5, 5.41) is 3.59. The number of rotatable bonds is 6. The maximum atomic E-state index is 5.89. The molecule has 1 fully saturated rings. The Bertz CT molecular complexity index is 219. The Balaban J connectivity index is 2.73. The van der Waals surface area contributed by atoms with Crippen LogP contribution < -0.4 is 5.32 Å². The van der Waals surface area contributed by atoms with Gasteiger partial charge < -0.3 is 10.1 Å². The second-order valence-electron chi connectivity index (χ2n) is 5.10. The fourth-order valence-electron chi connectivity index (χ4n) is 2.88. The molecule has 0 aliphatic heterocycles. The van der Waals surface area contributed by atoms with Crippen molar-refractivity contribution in [3.05, 3.63) is 12.2 Å². The molecular weight excluding hydrogens is 198 g/mol. The van der Waals surface area contributed by atoms with Gasteiger partial charge in [-0.2, -0.15) is 0 Å². The molecule has 1 atom stereocenters. The number of methoxy groups -OCH3 is 1. The van der Waals surface area contributed by atoms with E-state index >= 15 is 0 Å². The highest BCUT2D eigenvalue weighted by atomic mass is 16.5. The lowest BCUT2D eigenvalue weighted by atomic mass is 9.77. The first-order valence-electron chi connectivity index (χ1n) is 6.57. The molecule has 0 heterocycles. The largest absolute Gasteiger partial charge is 0.377 e. The first-order valence-corrected chi connectivity index (χ1v) is 6.57. The molecule has 2 heteroatoms. The van der Waals surface area contributed by atoms with E-state index in [1.165, 1.54) is 37.7 Å². The van der Waals surface area contributed by atoms with Gasteiger partial charge in [-0.25, -0.2) is 0 Å². The highest BCUT2D eigenvalue weighted by Crippen LogP contribution is 2.36. The van der Waals surface area contributed by atoms with Crippen LogP contribution >= 0.6 is 0 Å². The summed E-state index contributed by atoms with van der Waals surface area (Å²) in [5.41, 5.74) is 1.29. The van der Waals surface area contributed by atoms with Crippen LogP contribution in [0, 0.1) is 0 Å². The highest BCUT2D eigenvalue weighted by molar-refractivity contribution is 5.03. The Labute approximate surface area is 100 Å². The van der Waals surface area contributed by atoms with Crippen LogP contribution in [0.4, 0.5) is 0 Å². The summed E-state index contributed by atoms with van der Waals surface area (Å²) >= 11 is 0. The molecule has 0 saturated heterocycles. The minimum Gasteiger partial charge on any atom is -0.377 e. The summed E-state index contributed by atoms with van der Waals surface area (Å²) in [6.45, 7) is 9.32. The quantitative estimate of drug-likeness (QED) is 0.700. The Morgan fingerprint density at radius 1 is 1.38 bits per heavy atom. The van der Waals surface area contributed by atoms with Gasteiger partial charge >= 0.3 is 0 Å². The fraction of sp³-hybridized carbons (Fsp3) is 0.857. The van der Waals surface area contributed by atoms with Gasteiger partial charge in [0.1, 0.15) is 0 Å². The summed E-state index contributed by atoms with van der Waals surface area (Å²) in [5.74, 6) is 0. The molecule has 0 amide bonds. The number of likely N-dealkylation sites (N-methyl/N-ethyl adjacent to an activating group) is 1. The smallest absolute Gasteiger partial charge is 0.0834 e. The zero-order chi connectivity index (χ0) is 12.0. The molecule has 16 heavy (non-hydrogen) atoms. The molecule has 1 rings (SSSR count). The third-order valence-electron chi connectivity index (χ3n) is 3.74. The van der Waals surface area contributed by atoms with E-state index in [0.717, 1.165) is 13.0 Å². The van der Waals surface area contributed by atoms with Crippen LogP contribution in [-0.2, 0) is 4.74 Å². The third-order valence-corrected chi connectivity index (χ3v) is 3.74. The van der Waals surface area contributed by atoms with Crippen molar-refractivity contribution < 1.29 is 4.74 Å². The van der Waals surface area contributed by atoms with E-state index in [4.69, 9.17) is 4.74 Å².